The smallest absolute Gasteiger partial charge is 0.305 e. The van der Waals surface area contributed by atoms with E-state index in [-0.39, 0.29) is 6.61 Å². The molecule has 1 aliphatic rings. The van der Waals surface area contributed by atoms with Gasteiger partial charge in [-0.25, -0.2) is 4.39 Å². The molecule has 108 valence electrons. The van der Waals surface area contributed by atoms with Crippen LogP contribution in [0.25, 0.3) is 0 Å². The van der Waals surface area contributed by atoms with Crippen molar-refractivity contribution in [2.45, 2.75) is 45.4 Å². The molecule has 0 aliphatic carbocycles. The largest absolute Gasteiger partial charge is 0.463 e. The maximum Gasteiger partial charge on any atom is 0.305 e. The summed E-state index contributed by atoms with van der Waals surface area (Å²) in [5.74, 6) is -2.04. The third-order valence-electron chi connectivity index (χ3n) is 2.28. The Morgan fingerprint density at radius 3 is 2.11 bits per heavy atom. The van der Waals surface area contributed by atoms with E-state index in [1.807, 2.05) is 0 Å². The topological polar surface area (TPSA) is 88.1 Å². The average Bonchev–Trinajstić information content (AvgIpc) is 2.53. The van der Waals surface area contributed by atoms with Crippen LogP contribution < -0.4 is 0 Å². The minimum atomic E-state index is -1.84. The number of alkyl halides is 1. The lowest BCUT2D eigenvalue weighted by Gasteiger charge is -2.17. The van der Waals surface area contributed by atoms with Crippen LogP contribution in [0.5, 0.6) is 0 Å². The van der Waals surface area contributed by atoms with E-state index in [1.54, 1.807) is 0 Å². The Morgan fingerprint density at radius 2 is 1.63 bits per heavy atom. The summed E-state index contributed by atoms with van der Waals surface area (Å²) < 4.78 is 33.0. The zero-order chi connectivity index (χ0) is 14.6. The molecule has 0 aromatic heterocycles. The fourth-order valence-electron chi connectivity index (χ4n) is 1.61. The van der Waals surface area contributed by atoms with Crippen LogP contribution in [-0.4, -0.2) is 49.2 Å². The molecule has 7 nitrogen and oxygen atoms in total. The van der Waals surface area contributed by atoms with E-state index in [1.165, 1.54) is 6.92 Å². The highest BCUT2D eigenvalue weighted by molar-refractivity contribution is 5.67. The summed E-state index contributed by atoms with van der Waals surface area (Å²) in [6.07, 6.45) is -5.64. The molecule has 0 aromatic carbocycles. The molecule has 1 heterocycles. The van der Waals surface area contributed by atoms with E-state index in [0.717, 1.165) is 13.8 Å². The Balaban J connectivity index is 2.71. The summed E-state index contributed by atoms with van der Waals surface area (Å²) in [7, 11) is 0. The van der Waals surface area contributed by atoms with Gasteiger partial charge in [0.15, 0.2) is 6.10 Å². The van der Waals surface area contributed by atoms with Crippen molar-refractivity contribution >= 4 is 17.9 Å². The second kappa shape index (κ2) is 6.46. The van der Waals surface area contributed by atoms with Crippen molar-refractivity contribution in [1.29, 1.82) is 0 Å². The Labute approximate surface area is 108 Å². The molecule has 1 aliphatic heterocycles. The molecular weight excluding hydrogens is 263 g/mol. The molecule has 0 amide bonds. The number of hydrogen-bond donors (Lipinski definition) is 0. The van der Waals surface area contributed by atoms with Gasteiger partial charge in [0, 0.05) is 20.8 Å². The van der Waals surface area contributed by atoms with Crippen molar-refractivity contribution in [2.75, 3.05) is 6.61 Å². The van der Waals surface area contributed by atoms with E-state index < -0.39 is 42.6 Å². The Kier molecular flexibility index (Phi) is 5.22. The number of rotatable bonds is 4. The van der Waals surface area contributed by atoms with E-state index in [4.69, 9.17) is 9.47 Å². The quantitative estimate of drug-likeness (QED) is 0.532. The summed E-state index contributed by atoms with van der Waals surface area (Å²) in [6, 6.07) is 0. The normalized spacial score (nSPS) is 29.7. The number of esters is 3. The highest BCUT2D eigenvalue weighted by Crippen LogP contribution is 2.28. The summed E-state index contributed by atoms with van der Waals surface area (Å²) in [4.78, 5) is 32.4. The predicted octanol–water partition coefficient (Wildman–Crippen LogP) is 0.107. The summed E-state index contributed by atoms with van der Waals surface area (Å²) >= 11 is 0. The molecule has 1 rings (SSSR count). The van der Waals surface area contributed by atoms with E-state index in [9.17, 15) is 18.8 Å². The minimum absolute atomic E-state index is 0.300. The first-order valence-corrected chi connectivity index (χ1v) is 5.58. The lowest BCUT2D eigenvalue weighted by atomic mass is 10.1. The molecule has 0 N–H and O–H groups in total. The summed E-state index contributed by atoms with van der Waals surface area (Å²) in [6.45, 7) is 3.07. The first-order chi connectivity index (χ1) is 8.81. The van der Waals surface area contributed by atoms with Crippen LogP contribution in [0.2, 0.25) is 0 Å². The predicted molar refractivity (Wildman–Crippen MR) is 57.5 cm³/mol. The standard InChI is InChI=1S/C11H15FO7/c1-5(13)16-4-8-10(17-6(2)14)9(12)11(19-8)18-7(3)15/h8-11H,4H2,1-3H3/t8-,9+,10-,11-/m0/s1. The molecule has 1 saturated heterocycles. The fourth-order valence-corrected chi connectivity index (χ4v) is 1.61. The van der Waals surface area contributed by atoms with Gasteiger partial charge >= 0.3 is 17.9 Å². The molecule has 0 spiro atoms. The van der Waals surface area contributed by atoms with Gasteiger partial charge in [-0.05, 0) is 0 Å². The van der Waals surface area contributed by atoms with Crippen molar-refractivity contribution in [2.24, 2.45) is 0 Å². The fraction of sp³-hybridized carbons (Fsp3) is 0.727. The van der Waals surface area contributed by atoms with Crippen LogP contribution in [0.1, 0.15) is 20.8 Å². The monoisotopic (exact) mass is 278 g/mol. The van der Waals surface area contributed by atoms with Gasteiger partial charge in [0.1, 0.15) is 12.7 Å². The lowest BCUT2D eigenvalue weighted by molar-refractivity contribution is -0.184. The van der Waals surface area contributed by atoms with Gasteiger partial charge < -0.3 is 18.9 Å². The lowest BCUT2D eigenvalue weighted by Crippen LogP contribution is -2.37. The SMILES string of the molecule is CC(=O)OC[C@@H]1O[C@H](OC(C)=O)[C@H](F)[C@H]1OC(C)=O. The second-order valence-corrected chi connectivity index (χ2v) is 3.97. The average molecular weight is 278 g/mol. The van der Waals surface area contributed by atoms with Crippen molar-refractivity contribution in [3.63, 3.8) is 0 Å². The number of hydrogen-bond acceptors (Lipinski definition) is 7. The minimum Gasteiger partial charge on any atom is -0.463 e. The van der Waals surface area contributed by atoms with Crippen molar-refractivity contribution in [1.82, 2.24) is 0 Å². The van der Waals surface area contributed by atoms with Crippen LogP contribution >= 0.6 is 0 Å². The van der Waals surface area contributed by atoms with Crippen LogP contribution in [0.15, 0.2) is 0 Å². The van der Waals surface area contributed by atoms with Crippen LogP contribution in [0, 0.1) is 0 Å². The van der Waals surface area contributed by atoms with E-state index in [2.05, 4.69) is 9.47 Å². The van der Waals surface area contributed by atoms with Crippen molar-refractivity contribution in [3.8, 4) is 0 Å². The first kappa shape index (κ1) is 15.4. The highest BCUT2D eigenvalue weighted by Gasteiger charge is 2.49. The van der Waals surface area contributed by atoms with Crippen LogP contribution in [-0.2, 0) is 33.3 Å². The first-order valence-electron chi connectivity index (χ1n) is 5.58. The van der Waals surface area contributed by atoms with Crippen LogP contribution in [0.3, 0.4) is 0 Å². The summed E-state index contributed by atoms with van der Waals surface area (Å²) in [5.41, 5.74) is 0. The third-order valence-corrected chi connectivity index (χ3v) is 2.28. The van der Waals surface area contributed by atoms with Gasteiger partial charge in [0.05, 0.1) is 0 Å². The van der Waals surface area contributed by atoms with Gasteiger partial charge in [-0.2, -0.15) is 0 Å². The summed E-state index contributed by atoms with van der Waals surface area (Å²) in [5, 5.41) is 0. The molecule has 0 radical (unpaired) electrons. The molecule has 0 unspecified atom stereocenters. The number of carbonyl (C=O) groups is 3. The molecule has 0 aromatic rings. The zero-order valence-corrected chi connectivity index (χ0v) is 10.8. The van der Waals surface area contributed by atoms with Crippen molar-refractivity contribution in [3.05, 3.63) is 0 Å². The number of ether oxygens (including phenoxy) is 4. The van der Waals surface area contributed by atoms with E-state index >= 15 is 0 Å². The van der Waals surface area contributed by atoms with Gasteiger partial charge in [-0.15, -0.1) is 0 Å². The number of carbonyl (C=O) groups excluding carboxylic acids is 3. The molecule has 0 bridgehead atoms. The molecular formula is C11H15FO7. The third kappa shape index (κ3) is 4.47. The van der Waals surface area contributed by atoms with Crippen LogP contribution in [0.4, 0.5) is 4.39 Å². The maximum atomic E-state index is 13.9. The van der Waals surface area contributed by atoms with Gasteiger partial charge in [-0.1, -0.05) is 0 Å². The molecule has 1 fully saturated rings. The van der Waals surface area contributed by atoms with Gasteiger partial charge in [-0.3, -0.25) is 14.4 Å². The maximum absolute atomic E-state index is 13.9. The highest BCUT2D eigenvalue weighted by atomic mass is 19.1. The Hall–Kier alpha value is -1.70. The molecule has 4 atom stereocenters. The zero-order valence-electron chi connectivity index (χ0n) is 10.8. The Bertz CT molecular complexity index is 370. The molecule has 0 saturated carbocycles. The second-order valence-electron chi connectivity index (χ2n) is 3.97. The molecule has 19 heavy (non-hydrogen) atoms. The van der Waals surface area contributed by atoms with Crippen molar-refractivity contribution < 1.29 is 37.7 Å². The Morgan fingerprint density at radius 1 is 1.05 bits per heavy atom. The van der Waals surface area contributed by atoms with Gasteiger partial charge in [0.25, 0.3) is 0 Å². The van der Waals surface area contributed by atoms with Gasteiger partial charge in [0.2, 0.25) is 12.5 Å². The van der Waals surface area contributed by atoms with E-state index in [0.29, 0.717) is 0 Å². The number of halogens is 1. The molecule has 8 heteroatoms.